The van der Waals surface area contributed by atoms with E-state index in [1.54, 1.807) is 16.6 Å². The van der Waals surface area contributed by atoms with Gasteiger partial charge in [-0.3, -0.25) is 0 Å². The minimum atomic E-state index is -0.225. The summed E-state index contributed by atoms with van der Waals surface area (Å²) in [4.78, 5) is 21.3. The van der Waals surface area contributed by atoms with Gasteiger partial charge in [-0.1, -0.05) is 26.7 Å². The summed E-state index contributed by atoms with van der Waals surface area (Å²) in [6.45, 7) is 10.6. The van der Waals surface area contributed by atoms with Crippen LogP contribution in [0.25, 0.3) is 0 Å². The number of carbonyl (C=O) groups excluding carboxylic acids is 1. The first kappa shape index (κ1) is 33.9. The molecule has 5 rings (SSSR count). The van der Waals surface area contributed by atoms with E-state index in [9.17, 15) is 9.18 Å². The minimum absolute atomic E-state index is 0.0454. The molecule has 0 saturated carbocycles. The number of carbonyl (C=O) groups is 1. The monoisotopic (exact) mass is 725 g/mol. The third kappa shape index (κ3) is 7.93. The molecule has 2 aliphatic heterocycles. The van der Waals surface area contributed by atoms with Crippen LogP contribution in [-0.4, -0.2) is 47.5 Å². The molecule has 0 unspecified atom stereocenters. The summed E-state index contributed by atoms with van der Waals surface area (Å²) in [6, 6.07) is 21.3. The fourth-order valence-electron chi connectivity index (χ4n) is 7.67. The van der Waals surface area contributed by atoms with Gasteiger partial charge in [0, 0.05) is 0 Å². The van der Waals surface area contributed by atoms with Crippen LogP contribution in [0.3, 0.4) is 0 Å². The molecule has 2 heterocycles. The predicted octanol–water partition coefficient (Wildman–Crippen LogP) is 5.39. The number of anilines is 1. The average molecular weight is 726 g/mol. The number of likely N-dealkylation sites (tertiary alicyclic amines) is 1. The number of halogens is 2. The van der Waals surface area contributed by atoms with Crippen LogP contribution in [0, 0.1) is 22.2 Å². The van der Waals surface area contributed by atoms with Crippen molar-refractivity contribution < 1.29 is 35.1 Å². The Morgan fingerprint density at radius 3 is 2.60 bits per heavy atom. The fraction of sp³-hybridized carbons (Fsp3) is 0.513. The van der Waals surface area contributed by atoms with Crippen LogP contribution in [0.2, 0.25) is 0 Å². The molecule has 1 saturated heterocycles. The third-order valence-corrected chi connectivity index (χ3v) is 12.2. The first-order valence-corrected chi connectivity index (χ1v) is 20.2. The van der Waals surface area contributed by atoms with E-state index in [0.717, 1.165) is 76.0 Å². The Balaban J connectivity index is 1.41. The zero-order valence-corrected chi connectivity index (χ0v) is 30.0. The van der Waals surface area contributed by atoms with Gasteiger partial charge in [-0.05, 0) is 18.6 Å². The van der Waals surface area contributed by atoms with Gasteiger partial charge >= 0.3 is 215 Å². The summed E-state index contributed by atoms with van der Waals surface area (Å²) in [5.74, 6) is 1.72. The van der Waals surface area contributed by atoms with Crippen molar-refractivity contribution >= 4 is 11.6 Å². The number of fused-ring (bicyclic) bond motifs is 1. The summed E-state index contributed by atoms with van der Waals surface area (Å²) in [7, 11) is 0. The van der Waals surface area contributed by atoms with E-state index in [2.05, 4.69) is 73.1 Å². The van der Waals surface area contributed by atoms with Crippen molar-refractivity contribution in [3.8, 4) is 5.75 Å². The fourth-order valence-corrected chi connectivity index (χ4v) is 9.38. The van der Waals surface area contributed by atoms with Crippen LogP contribution in [0.15, 0.2) is 60.7 Å². The summed E-state index contributed by atoms with van der Waals surface area (Å²) in [5.41, 5.74) is 5.58. The molecule has 0 spiro atoms. The van der Waals surface area contributed by atoms with Gasteiger partial charge in [0.15, 0.2) is 0 Å². The summed E-state index contributed by atoms with van der Waals surface area (Å²) in [6.07, 6.45) is 8.12. The van der Waals surface area contributed by atoms with E-state index >= 15 is 0 Å². The Bertz CT molecular complexity index is 1440. The smallest absolute Gasteiger partial charge is 0.207 e. The first-order chi connectivity index (χ1) is 21.8. The van der Waals surface area contributed by atoms with E-state index in [4.69, 9.17) is 4.74 Å². The number of amides is 1. The molecule has 1 fully saturated rings. The zero-order chi connectivity index (χ0) is 31.9. The topological polar surface area (TPSA) is 32.8 Å². The van der Waals surface area contributed by atoms with Crippen LogP contribution >= 0.6 is 0 Å². The number of hydrogen-bond donors (Lipinski definition) is 0. The van der Waals surface area contributed by atoms with Crippen molar-refractivity contribution in [3.05, 3.63) is 92.3 Å². The predicted molar refractivity (Wildman–Crippen MR) is 179 cm³/mol. The van der Waals surface area contributed by atoms with Crippen LogP contribution in [0.5, 0.6) is 5.75 Å². The molecule has 244 valence electrons. The number of aryl methyl sites for hydroxylation is 2. The third-order valence-electron chi connectivity index (χ3n) is 10.0. The van der Waals surface area contributed by atoms with Gasteiger partial charge in [0.05, 0.1) is 6.61 Å². The molecule has 3 aromatic carbocycles. The van der Waals surface area contributed by atoms with Gasteiger partial charge in [-0.25, -0.2) is 4.39 Å². The molecule has 0 bridgehead atoms. The first-order valence-electron chi connectivity index (χ1n) is 17.0. The van der Waals surface area contributed by atoms with E-state index < -0.39 is 0 Å². The number of nitrogens with zero attached hydrogens (tertiary/aromatic N) is 2. The molecule has 3 atom stereocenters. The van der Waals surface area contributed by atoms with Gasteiger partial charge in [-0.15, -0.1) is 0 Å². The Morgan fingerprint density at radius 1 is 1.09 bits per heavy atom. The van der Waals surface area contributed by atoms with E-state index in [1.165, 1.54) is 22.8 Å². The van der Waals surface area contributed by atoms with Crippen LogP contribution in [0.4, 0.5) is 10.1 Å². The van der Waals surface area contributed by atoms with E-state index in [1.807, 2.05) is 11.0 Å². The Labute approximate surface area is 281 Å². The molecule has 1 amide bonds. The molecular weight excluding hydrogens is 674 g/mol. The molecule has 0 radical (unpaired) electrons. The molecule has 0 aliphatic carbocycles. The second-order valence-corrected chi connectivity index (χ2v) is 15.3. The molecular formula is C39H51FIN2O2-. The van der Waals surface area contributed by atoms with Gasteiger partial charge < -0.3 is 4.74 Å². The Morgan fingerprint density at radius 2 is 1.87 bits per heavy atom. The zero-order valence-electron chi connectivity index (χ0n) is 27.8. The number of benzene rings is 3. The minimum Gasteiger partial charge on any atom is -0.207 e. The molecule has 3 aromatic rings. The number of hydrogen-bond acceptors (Lipinski definition) is 3. The number of alkyl halides is 1. The number of rotatable bonds is 14. The van der Waals surface area contributed by atoms with Crippen LogP contribution in [-0.2, 0) is 17.6 Å². The Hall–Kier alpha value is -2.45. The van der Waals surface area contributed by atoms with Crippen molar-refractivity contribution in [1.82, 2.24) is 4.90 Å². The normalized spacial score (nSPS) is 19.7. The standard InChI is InChI=1S/C39H51FIN2O2/c1-6-11-32(12-7-2)43(33-18-19-35(40)27(3)23-33)39(44)26-42-25-34(30-17-20-38-31(24-30)21-22-45-38)28(4)37(42)16-10-14-29-13-8-9-15-36(29)41-5/h8-9,13,15,17-20,23-24,28,32,34,37H,6-7,10-12,14,16,21-22,25-26H2,1-5H3/q-1/t28-,34-,37-/m0/s1. The molecule has 4 nitrogen and oxygen atoms in total. The molecule has 0 N–H and O–H groups in total. The molecule has 2 aliphatic rings. The van der Waals surface area contributed by atoms with Gasteiger partial charge in [-0.2, -0.15) is 0 Å². The van der Waals surface area contributed by atoms with E-state index in [-0.39, 0.29) is 39.0 Å². The van der Waals surface area contributed by atoms with Gasteiger partial charge in [0.25, 0.3) is 0 Å². The molecule has 6 heteroatoms. The van der Waals surface area contributed by atoms with Crippen molar-refractivity contribution in [2.24, 2.45) is 5.92 Å². The summed E-state index contributed by atoms with van der Waals surface area (Å²) >= 11 is 0.0454. The summed E-state index contributed by atoms with van der Waals surface area (Å²) < 4.78 is 21.7. The maximum atomic E-state index is 14.5. The SMILES string of the molecule is CCCC(CCC)N(C(=O)CN1C[C@H](c2ccc3c(c2)CCO3)[C@H](C)[C@@H]1CCCc1ccccc1[I-]C)c1ccc(F)c(C)c1. The second kappa shape index (κ2) is 15.9. The van der Waals surface area contributed by atoms with Crippen molar-refractivity contribution in [2.75, 3.05) is 29.5 Å². The molecule has 0 aromatic heterocycles. The molecule has 45 heavy (non-hydrogen) atoms. The average Bonchev–Trinajstić information content (AvgIpc) is 3.63. The van der Waals surface area contributed by atoms with Crippen LogP contribution < -0.4 is 30.8 Å². The Kier molecular flexibility index (Phi) is 12.0. The summed E-state index contributed by atoms with van der Waals surface area (Å²) in [5, 5.41) is 0. The van der Waals surface area contributed by atoms with E-state index in [0.29, 0.717) is 30.0 Å². The van der Waals surface area contributed by atoms with Crippen molar-refractivity contribution in [1.29, 1.82) is 0 Å². The number of ether oxygens (including phenoxy) is 1. The van der Waals surface area contributed by atoms with Gasteiger partial charge in [0.1, 0.15) is 5.82 Å². The quantitative estimate of drug-likeness (QED) is 0.165. The second-order valence-electron chi connectivity index (χ2n) is 13.0. The van der Waals surface area contributed by atoms with Gasteiger partial charge in [0.2, 0.25) is 0 Å². The van der Waals surface area contributed by atoms with Crippen molar-refractivity contribution in [2.45, 2.75) is 97.1 Å². The van der Waals surface area contributed by atoms with Crippen molar-refractivity contribution in [3.63, 3.8) is 0 Å². The maximum absolute atomic E-state index is 14.5. The van der Waals surface area contributed by atoms with Crippen LogP contribution in [0.1, 0.15) is 87.5 Å².